The van der Waals surface area contributed by atoms with Gasteiger partial charge in [0, 0.05) is 10.4 Å². The third-order valence-corrected chi connectivity index (χ3v) is 5.37. The van der Waals surface area contributed by atoms with Gasteiger partial charge in [-0.3, -0.25) is 0 Å². The number of benzene rings is 3. The third kappa shape index (κ3) is 4.09. The highest BCUT2D eigenvalue weighted by Crippen LogP contribution is 2.36. The molecule has 6 nitrogen and oxygen atoms in total. The molecule has 0 saturated heterocycles. The van der Waals surface area contributed by atoms with Gasteiger partial charge in [-0.25, -0.2) is 60.2 Å². The molecule has 0 aliphatic heterocycles. The maximum atomic E-state index is 15.0. The van der Waals surface area contributed by atoms with E-state index < -0.39 is 102 Å². The average Bonchev–Trinajstić information content (AvgIpc) is 2.94. The summed E-state index contributed by atoms with van der Waals surface area (Å²) in [5.74, 6) is -17.7. The highest BCUT2D eigenvalue weighted by atomic mass is 19.2. The molecule has 0 unspecified atom stereocenters. The zero-order valence-corrected chi connectivity index (χ0v) is 18.9. The molecule has 0 aromatic heterocycles. The summed E-state index contributed by atoms with van der Waals surface area (Å²) in [6.45, 7) is 21.1. The van der Waals surface area contributed by atoms with Crippen molar-refractivity contribution in [3.63, 3.8) is 0 Å². The fourth-order valence-electron chi connectivity index (χ4n) is 3.62. The first-order chi connectivity index (χ1) is 18.9. The van der Waals surface area contributed by atoms with Crippen LogP contribution in [0.1, 0.15) is 5.56 Å². The van der Waals surface area contributed by atoms with Gasteiger partial charge in [0.05, 0.1) is 43.0 Å². The molecule has 0 saturated carbocycles. The standard InChI is InChI=1S/C26H2F8N6/c1-38-14(7-36)9-5-12(17-22(31)24(33)26(40-3)25(34)23(17)32)10(15(8-37)39-2)4-11(9)16-20(29)18(27)13(6-35)19(28)21(16)30/h4-5H/b14-9+,15-10-. The molecule has 3 rings (SSSR count). The van der Waals surface area contributed by atoms with Crippen LogP contribution in [-0.2, 0) is 0 Å². The van der Waals surface area contributed by atoms with Crippen molar-refractivity contribution >= 4 is 17.1 Å². The molecule has 0 bridgehead atoms. The predicted molar refractivity (Wildman–Crippen MR) is 118 cm³/mol. The minimum absolute atomic E-state index is 0.341. The van der Waals surface area contributed by atoms with Crippen molar-refractivity contribution in [3.05, 3.63) is 109 Å². The molecule has 14 heteroatoms. The lowest BCUT2D eigenvalue weighted by molar-refractivity contribution is 0.454. The Labute approximate surface area is 217 Å². The maximum Gasteiger partial charge on any atom is 0.269 e. The third-order valence-electron chi connectivity index (χ3n) is 5.37. The van der Waals surface area contributed by atoms with Gasteiger partial charge in [0.2, 0.25) is 0 Å². The molecule has 0 amide bonds. The number of halogens is 8. The van der Waals surface area contributed by atoms with E-state index >= 15 is 0 Å². The smallest absolute Gasteiger partial charge is 0.232 e. The average molecular weight is 550 g/mol. The van der Waals surface area contributed by atoms with Gasteiger partial charge in [-0.15, -0.1) is 0 Å². The van der Waals surface area contributed by atoms with Gasteiger partial charge in [0.15, 0.2) is 46.5 Å². The Morgan fingerprint density at radius 1 is 0.575 bits per heavy atom. The molecule has 0 atom stereocenters. The van der Waals surface area contributed by atoms with Gasteiger partial charge in [-0.05, 0) is 11.1 Å². The summed E-state index contributed by atoms with van der Waals surface area (Å²) in [7, 11) is 0. The van der Waals surface area contributed by atoms with Crippen molar-refractivity contribution in [2.75, 3.05) is 0 Å². The molecule has 0 aliphatic rings. The summed E-state index contributed by atoms with van der Waals surface area (Å²) in [6, 6.07) is 4.11. The second kappa shape index (κ2) is 10.6. The molecule has 3 aromatic carbocycles. The van der Waals surface area contributed by atoms with Crippen molar-refractivity contribution in [2.45, 2.75) is 0 Å². The maximum absolute atomic E-state index is 15.0. The topological polar surface area (TPSA) is 84.4 Å². The van der Waals surface area contributed by atoms with Crippen LogP contribution in [0, 0.1) is 100 Å². The van der Waals surface area contributed by atoms with Crippen molar-refractivity contribution in [3.8, 4) is 40.5 Å². The first-order valence-electron chi connectivity index (χ1n) is 9.93. The van der Waals surface area contributed by atoms with E-state index in [9.17, 15) is 45.6 Å². The fraction of sp³-hybridized carbons (Fsp3) is 0. The van der Waals surface area contributed by atoms with E-state index in [1.807, 2.05) is 0 Å². The molecule has 0 aliphatic carbocycles. The second-order valence-electron chi connectivity index (χ2n) is 7.30. The Hall–Kier alpha value is -6.22. The van der Waals surface area contributed by atoms with Gasteiger partial charge in [0.25, 0.3) is 17.1 Å². The molecule has 40 heavy (non-hydrogen) atoms. The van der Waals surface area contributed by atoms with Crippen molar-refractivity contribution in [1.29, 1.82) is 15.8 Å². The van der Waals surface area contributed by atoms with Crippen LogP contribution >= 0.6 is 0 Å². The Morgan fingerprint density at radius 3 is 1.20 bits per heavy atom. The van der Waals surface area contributed by atoms with Crippen molar-refractivity contribution in [2.24, 2.45) is 0 Å². The highest BCUT2D eigenvalue weighted by Gasteiger charge is 2.30. The summed E-state index contributed by atoms with van der Waals surface area (Å²) in [5, 5.41) is 25.6. The van der Waals surface area contributed by atoms with E-state index in [1.165, 1.54) is 12.1 Å². The molecular weight excluding hydrogens is 548 g/mol. The molecule has 0 radical (unpaired) electrons. The highest BCUT2D eigenvalue weighted by molar-refractivity contribution is 5.83. The van der Waals surface area contributed by atoms with Gasteiger partial charge in [-0.2, -0.15) is 5.26 Å². The van der Waals surface area contributed by atoms with E-state index in [0.29, 0.717) is 12.1 Å². The fourth-order valence-corrected chi connectivity index (χ4v) is 3.62. The summed E-state index contributed by atoms with van der Waals surface area (Å²) in [6.07, 6.45) is 0. The summed E-state index contributed by atoms with van der Waals surface area (Å²) in [5.41, 5.74) is -11.2. The van der Waals surface area contributed by atoms with Gasteiger partial charge < -0.3 is 0 Å². The second-order valence-corrected chi connectivity index (χ2v) is 7.30. The first kappa shape index (κ1) is 28.4. The Bertz CT molecular complexity index is 1820. The van der Waals surface area contributed by atoms with Crippen LogP contribution in [0.5, 0.6) is 0 Å². The Balaban J connectivity index is 2.83. The quantitative estimate of drug-likeness (QED) is 0.235. The number of rotatable bonds is 2. The minimum atomic E-state index is -2.23. The number of nitriles is 3. The normalized spacial score (nSPS) is 11.7. The molecule has 0 spiro atoms. The van der Waals surface area contributed by atoms with Crippen LogP contribution in [-0.4, -0.2) is 0 Å². The molecular formula is C26H2F8N6. The van der Waals surface area contributed by atoms with Crippen LogP contribution in [0.25, 0.3) is 48.2 Å². The number of hydrogen-bond acceptors (Lipinski definition) is 3. The lowest BCUT2D eigenvalue weighted by Gasteiger charge is -2.15. The van der Waals surface area contributed by atoms with Crippen molar-refractivity contribution < 1.29 is 35.1 Å². The predicted octanol–water partition coefficient (Wildman–Crippen LogP) is 5.66. The van der Waals surface area contributed by atoms with Crippen LogP contribution < -0.4 is 10.4 Å². The van der Waals surface area contributed by atoms with E-state index in [1.54, 1.807) is 0 Å². The van der Waals surface area contributed by atoms with E-state index in [0.717, 1.165) is 6.07 Å². The number of nitrogens with zero attached hydrogens (tertiary/aromatic N) is 6. The Morgan fingerprint density at radius 2 is 0.925 bits per heavy atom. The van der Waals surface area contributed by atoms with E-state index in [2.05, 4.69) is 14.5 Å². The number of hydrogen-bond donors (Lipinski definition) is 0. The van der Waals surface area contributed by atoms with Crippen LogP contribution in [0.4, 0.5) is 40.8 Å². The zero-order valence-electron chi connectivity index (χ0n) is 18.9. The minimum Gasteiger partial charge on any atom is -0.232 e. The molecule has 0 heterocycles. The molecule has 0 fully saturated rings. The lowest BCUT2D eigenvalue weighted by atomic mass is 9.92. The van der Waals surface area contributed by atoms with E-state index in [4.69, 9.17) is 25.0 Å². The van der Waals surface area contributed by atoms with Gasteiger partial charge >= 0.3 is 0 Å². The summed E-state index contributed by atoms with van der Waals surface area (Å²) >= 11 is 0. The van der Waals surface area contributed by atoms with Gasteiger partial charge in [0.1, 0.15) is 11.6 Å². The van der Waals surface area contributed by atoms with Gasteiger partial charge in [-0.1, -0.05) is 12.1 Å². The first-order valence-corrected chi connectivity index (χ1v) is 9.93. The van der Waals surface area contributed by atoms with Crippen LogP contribution in [0.15, 0.2) is 12.1 Å². The SMILES string of the molecule is [C-]#[N+]/C(C#N)=c1/cc(-c2c(F)c(F)c(C#N)c(F)c2F)/c(=C(\C#N)[N+]#[C-])cc1-c1c(F)c(F)c([N+]#[C-])c(F)c1F. The van der Waals surface area contributed by atoms with Crippen LogP contribution in [0.2, 0.25) is 0 Å². The lowest BCUT2D eigenvalue weighted by Crippen LogP contribution is -2.21. The molecule has 0 N–H and O–H groups in total. The summed E-state index contributed by atoms with van der Waals surface area (Å²) < 4.78 is 118. The Kier molecular flexibility index (Phi) is 7.54. The zero-order chi connectivity index (χ0) is 30.0. The molecule has 192 valence electrons. The molecule has 3 aromatic rings. The monoisotopic (exact) mass is 550 g/mol. The summed E-state index contributed by atoms with van der Waals surface area (Å²) in [4.78, 5) is 7.88. The van der Waals surface area contributed by atoms with E-state index in [-0.39, 0.29) is 0 Å². The van der Waals surface area contributed by atoms with Crippen LogP contribution in [0.3, 0.4) is 0 Å². The largest absolute Gasteiger partial charge is 0.269 e. The van der Waals surface area contributed by atoms with Crippen molar-refractivity contribution in [1.82, 2.24) is 0 Å².